The highest BCUT2D eigenvalue weighted by atomic mass is 79.9. The molecule has 0 aliphatic carbocycles. The van der Waals surface area contributed by atoms with Crippen LogP contribution in [0.5, 0.6) is 5.75 Å². The lowest BCUT2D eigenvalue weighted by Gasteiger charge is -2.00. The van der Waals surface area contributed by atoms with Crippen molar-refractivity contribution in [3.8, 4) is 5.75 Å². The van der Waals surface area contributed by atoms with Crippen molar-refractivity contribution in [1.29, 1.82) is 0 Å². The van der Waals surface area contributed by atoms with Gasteiger partial charge >= 0.3 is 5.97 Å². The van der Waals surface area contributed by atoms with Crippen LogP contribution in [0.4, 0.5) is 0 Å². The monoisotopic (exact) mass is 284 g/mol. The lowest BCUT2D eigenvalue weighted by atomic mass is 10.2. The average Bonchev–Trinajstić information content (AvgIpc) is 2.23. The predicted molar refractivity (Wildman–Crippen MR) is 66.1 cm³/mol. The summed E-state index contributed by atoms with van der Waals surface area (Å²) < 4.78 is 5.65. The molecule has 3 nitrogen and oxygen atoms in total. The van der Waals surface area contributed by atoms with Crippen LogP contribution >= 0.6 is 15.9 Å². The van der Waals surface area contributed by atoms with Gasteiger partial charge in [-0.3, -0.25) is 4.79 Å². The van der Waals surface area contributed by atoms with Gasteiger partial charge in [0.25, 0.3) is 0 Å². The Hall–Kier alpha value is -1.29. The van der Waals surface area contributed by atoms with Gasteiger partial charge in [-0.25, -0.2) is 0 Å². The van der Waals surface area contributed by atoms with Crippen LogP contribution < -0.4 is 0 Å². The quantitative estimate of drug-likeness (QED) is 0.864. The van der Waals surface area contributed by atoms with Crippen LogP contribution in [0.1, 0.15) is 18.9 Å². The molecular formula is C12H13BrO3. The third-order valence-corrected chi connectivity index (χ3v) is 2.37. The standard InChI is InChI=1S/C12H13BrO3/c1-2-16-12(15)5-3-4-9-8-10(13)6-7-11(9)14/h3-4,6-8,14H,2,5H2,1H3. The Labute approximate surface area is 103 Å². The summed E-state index contributed by atoms with van der Waals surface area (Å²) in [7, 11) is 0. The van der Waals surface area contributed by atoms with Crippen LogP contribution in [-0.4, -0.2) is 17.7 Å². The van der Waals surface area contributed by atoms with Crippen LogP contribution in [-0.2, 0) is 9.53 Å². The number of hydrogen-bond donors (Lipinski definition) is 1. The number of phenols is 1. The molecule has 0 bridgehead atoms. The van der Waals surface area contributed by atoms with Gasteiger partial charge in [0, 0.05) is 10.0 Å². The summed E-state index contributed by atoms with van der Waals surface area (Å²) in [5.41, 5.74) is 0.665. The fourth-order valence-corrected chi connectivity index (χ4v) is 1.54. The number of benzene rings is 1. The molecule has 0 fully saturated rings. The maximum atomic E-state index is 11.0. The van der Waals surface area contributed by atoms with E-state index in [-0.39, 0.29) is 18.1 Å². The summed E-state index contributed by atoms with van der Waals surface area (Å²) in [5.74, 6) is -0.0865. The summed E-state index contributed by atoms with van der Waals surface area (Å²) >= 11 is 3.31. The minimum absolute atomic E-state index is 0.184. The maximum Gasteiger partial charge on any atom is 0.309 e. The smallest absolute Gasteiger partial charge is 0.309 e. The van der Waals surface area contributed by atoms with E-state index < -0.39 is 0 Å². The van der Waals surface area contributed by atoms with Crippen molar-refractivity contribution in [3.63, 3.8) is 0 Å². The lowest BCUT2D eigenvalue weighted by molar-refractivity contribution is -0.142. The molecule has 0 radical (unpaired) electrons. The van der Waals surface area contributed by atoms with E-state index in [2.05, 4.69) is 15.9 Å². The first kappa shape index (κ1) is 12.8. The van der Waals surface area contributed by atoms with Crippen LogP contribution in [0.25, 0.3) is 6.08 Å². The van der Waals surface area contributed by atoms with Crippen molar-refractivity contribution in [2.24, 2.45) is 0 Å². The summed E-state index contributed by atoms with van der Waals surface area (Å²) in [6.07, 6.45) is 3.57. The van der Waals surface area contributed by atoms with Crippen LogP contribution in [0.3, 0.4) is 0 Å². The SMILES string of the molecule is CCOC(=O)CC=Cc1cc(Br)ccc1O. The molecule has 1 rings (SSSR count). The Bertz CT molecular complexity index is 399. The highest BCUT2D eigenvalue weighted by molar-refractivity contribution is 9.10. The average molecular weight is 285 g/mol. The number of halogens is 1. The zero-order valence-corrected chi connectivity index (χ0v) is 10.5. The number of carbonyl (C=O) groups is 1. The highest BCUT2D eigenvalue weighted by Gasteiger charge is 1.99. The largest absolute Gasteiger partial charge is 0.507 e. The van der Waals surface area contributed by atoms with Gasteiger partial charge in [-0.15, -0.1) is 0 Å². The molecule has 0 spiro atoms. The lowest BCUT2D eigenvalue weighted by Crippen LogP contribution is -2.01. The molecule has 0 unspecified atom stereocenters. The van der Waals surface area contributed by atoms with Gasteiger partial charge in [-0.1, -0.05) is 28.1 Å². The van der Waals surface area contributed by atoms with E-state index in [9.17, 15) is 9.90 Å². The van der Waals surface area contributed by atoms with Gasteiger partial charge in [0.1, 0.15) is 5.75 Å². The second-order valence-corrected chi connectivity index (χ2v) is 4.03. The molecule has 0 aliphatic heterocycles. The molecule has 0 saturated heterocycles. The third kappa shape index (κ3) is 4.06. The first-order chi connectivity index (χ1) is 7.63. The molecule has 0 aromatic heterocycles. The van der Waals surface area contributed by atoms with E-state index in [1.165, 1.54) is 0 Å². The number of hydrogen-bond acceptors (Lipinski definition) is 3. The molecule has 1 aromatic carbocycles. The third-order valence-electron chi connectivity index (χ3n) is 1.88. The number of esters is 1. The number of carbonyl (C=O) groups excluding carboxylic acids is 1. The van der Waals surface area contributed by atoms with E-state index in [0.717, 1.165) is 4.47 Å². The van der Waals surface area contributed by atoms with Crippen molar-refractivity contribution >= 4 is 28.0 Å². The molecule has 0 amide bonds. The van der Waals surface area contributed by atoms with Crippen molar-refractivity contribution in [3.05, 3.63) is 34.3 Å². The number of ether oxygens (including phenoxy) is 1. The second-order valence-electron chi connectivity index (χ2n) is 3.11. The summed E-state index contributed by atoms with van der Waals surface area (Å²) in [6.45, 7) is 2.15. The first-order valence-electron chi connectivity index (χ1n) is 4.94. The van der Waals surface area contributed by atoms with Crippen molar-refractivity contribution in [2.75, 3.05) is 6.61 Å². The Balaban J connectivity index is 2.62. The van der Waals surface area contributed by atoms with Crippen molar-refractivity contribution in [1.82, 2.24) is 0 Å². The van der Waals surface area contributed by atoms with Gasteiger partial charge in [0.05, 0.1) is 13.0 Å². The molecular weight excluding hydrogens is 272 g/mol. The predicted octanol–water partition coefficient (Wildman–Crippen LogP) is 3.12. The van der Waals surface area contributed by atoms with Crippen molar-refractivity contribution < 1.29 is 14.6 Å². The molecule has 1 aromatic rings. The zero-order chi connectivity index (χ0) is 12.0. The molecule has 4 heteroatoms. The highest BCUT2D eigenvalue weighted by Crippen LogP contribution is 2.23. The molecule has 0 atom stereocenters. The van der Waals surface area contributed by atoms with Gasteiger partial charge in [0.2, 0.25) is 0 Å². The van der Waals surface area contributed by atoms with Gasteiger partial charge < -0.3 is 9.84 Å². The van der Waals surface area contributed by atoms with E-state index in [0.29, 0.717) is 12.2 Å². The van der Waals surface area contributed by atoms with Crippen LogP contribution in [0.15, 0.2) is 28.7 Å². The molecule has 0 aliphatic rings. The van der Waals surface area contributed by atoms with Crippen LogP contribution in [0.2, 0.25) is 0 Å². The van der Waals surface area contributed by atoms with Gasteiger partial charge in [0.15, 0.2) is 0 Å². The van der Waals surface area contributed by atoms with E-state index in [4.69, 9.17) is 4.74 Å². The number of aromatic hydroxyl groups is 1. The number of rotatable bonds is 4. The fraction of sp³-hybridized carbons (Fsp3) is 0.250. The Morgan fingerprint density at radius 2 is 2.31 bits per heavy atom. The van der Waals surface area contributed by atoms with E-state index in [1.54, 1.807) is 37.3 Å². The maximum absolute atomic E-state index is 11.0. The normalized spacial score (nSPS) is 10.6. The Morgan fingerprint density at radius 3 is 3.00 bits per heavy atom. The topological polar surface area (TPSA) is 46.5 Å². The van der Waals surface area contributed by atoms with E-state index in [1.807, 2.05) is 0 Å². The van der Waals surface area contributed by atoms with Gasteiger partial charge in [-0.05, 0) is 25.1 Å². The van der Waals surface area contributed by atoms with Gasteiger partial charge in [-0.2, -0.15) is 0 Å². The number of phenolic OH excluding ortho intramolecular Hbond substituents is 1. The summed E-state index contributed by atoms with van der Waals surface area (Å²) in [4.78, 5) is 11.0. The second kappa shape index (κ2) is 6.33. The fourth-order valence-electron chi connectivity index (χ4n) is 1.16. The van der Waals surface area contributed by atoms with E-state index >= 15 is 0 Å². The minimum atomic E-state index is -0.270. The Kier molecular flexibility index (Phi) is 5.05. The van der Waals surface area contributed by atoms with Crippen molar-refractivity contribution in [2.45, 2.75) is 13.3 Å². The molecule has 1 N–H and O–H groups in total. The molecule has 86 valence electrons. The summed E-state index contributed by atoms with van der Waals surface area (Å²) in [6, 6.07) is 5.11. The zero-order valence-electron chi connectivity index (χ0n) is 8.94. The molecule has 0 saturated carbocycles. The van der Waals surface area contributed by atoms with Crippen LogP contribution in [0, 0.1) is 0 Å². The molecule has 0 heterocycles. The first-order valence-corrected chi connectivity index (χ1v) is 5.73. The minimum Gasteiger partial charge on any atom is -0.507 e. The molecule has 16 heavy (non-hydrogen) atoms. The summed E-state index contributed by atoms with van der Waals surface area (Å²) in [5, 5.41) is 9.52. The Morgan fingerprint density at radius 1 is 1.56 bits per heavy atom.